The van der Waals surface area contributed by atoms with Crippen LogP contribution >= 0.6 is 0 Å². The smallest absolute Gasteiger partial charge is 0.106 e. The largest absolute Gasteiger partial charge is 0.390 e. The lowest BCUT2D eigenvalue weighted by Crippen LogP contribution is -2.58. The number of ether oxygens (including phenoxy) is 1. The van der Waals surface area contributed by atoms with E-state index in [0.29, 0.717) is 0 Å². The second-order valence-corrected chi connectivity index (χ2v) is 3.85. The highest BCUT2D eigenvalue weighted by atomic mass is 16.5. The Hall–Kier alpha value is -0.120. The van der Waals surface area contributed by atoms with Gasteiger partial charge in [0, 0.05) is 13.1 Å². The van der Waals surface area contributed by atoms with Crippen molar-refractivity contribution < 1.29 is 9.84 Å². The number of morpholine rings is 1. The monoisotopic (exact) mass is 171 g/mol. The molecule has 0 radical (unpaired) electrons. The first-order valence-corrected chi connectivity index (χ1v) is 4.86. The van der Waals surface area contributed by atoms with Gasteiger partial charge in [0.05, 0.1) is 12.7 Å². The molecule has 2 unspecified atom stereocenters. The Morgan fingerprint density at radius 1 is 1.42 bits per heavy atom. The number of hydrogen-bond donors (Lipinski definition) is 2. The van der Waals surface area contributed by atoms with Crippen LogP contribution in [-0.4, -0.2) is 36.5 Å². The summed E-state index contributed by atoms with van der Waals surface area (Å²) in [6.45, 7) is 2.50. The van der Waals surface area contributed by atoms with E-state index >= 15 is 0 Å². The molecule has 0 bridgehead atoms. The second kappa shape index (κ2) is 3.32. The lowest BCUT2D eigenvalue weighted by Gasteiger charge is -2.44. The summed E-state index contributed by atoms with van der Waals surface area (Å²) in [6.07, 6.45) is 4.01. The molecule has 1 aliphatic heterocycles. The molecule has 1 heterocycles. The molecule has 0 aromatic heterocycles. The Morgan fingerprint density at radius 2 is 2.33 bits per heavy atom. The third kappa shape index (κ3) is 1.37. The molecule has 1 spiro atoms. The molecule has 2 aliphatic rings. The van der Waals surface area contributed by atoms with Gasteiger partial charge in [-0.3, -0.25) is 0 Å². The molecule has 3 nitrogen and oxygen atoms in total. The Kier molecular flexibility index (Phi) is 2.35. The van der Waals surface area contributed by atoms with Crippen molar-refractivity contribution in [3.63, 3.8) is 0 Å². The minimum Gasteiger partial charge on any atom is -0.390 e. The fourth-order valence-electron chi connectivity index (χ4n) is 2.24. The Balaban J connectivity index is 2.04. The van der Waals surface area contributed by atoms with Gasteiger partial charge in [-0.15, -0.1) is 0 Å². The lowest BCUT2D eigenvalue weighted by molar-refractivity contribution is -0.155. The van der Waals surface area contributed by atoms with Crippen molar-refractivity contribution in [2.24, 2.45) is 0 Å². The zero-order valence-electron chi connectivity index (χ0n) is 7.38. The predicted octanol–water partition coefficient (Wildman–Crippen LogP) is 0.280. The molecule has 0 aromatic rings. The molecule has 12 heavy (non-hydrogen) atoms. The molecule has 70 valence electrons. The van der Waals surface area contributed by atoms with Gasteiger partial charge in [0.25, 0.3) is 0 Å². The number of nitrogens with one attached hydrogen (secondary N) is 1. The normalized spacial score (nSPS) is 43.2. The van der Waals surface area contributed by atoms with Crippen molar-refractivity contribution in [1.82, 2.24) is 5.32 Å². The molecule has 3 heteroatoms. The summed E-state index contributed by atoms with van der Waals surface area (Å²) in [5.41, 5.74) is -0.240. The first-order valence-electron chi connectivity index (χ1n) is 4.86. The van der Waals surface area contributed by atoms with Crippen LogP contribution in [0.5, 0.6) is 0 Å². The summed E-state index contributed by atoms with van der Waals surface area (Å²) in [7, 11) is 0. The van der Waals surface area contributed by atoms with Gasteiger partial charge in [0.1, 0.15) is 5.60 Å². The molecule has 0 aromatic carbocycles. The summed E-state index contributed by atoms with van der Waals surface area (Å²) in [6, 6.07) is 0. The fraction of sp³-hybridized carbons (Fsp3) is 1.00. The van der Waals surface area contributed by atoms with Crippen molar-refractivity contribution in [1.29, 1.82) is 0 Å². The average Bonchev–Trinajstić information content (AvgIpc) is 2.12. The number of hydrogen-bond acceptors (Lipinski definition) is 3. The summed E-state index contributed by atoms with van der Waals surface area (Å²) >= 11 is 0. The van der Waals surface area contributed by atoms with Gasteiger partial charge in [0.15, 0.2) is 0 Å². The van der Waals surface area contributed by atoms with Gasteiger partial charge in [0.2, 0.25) is 0 Å². The highest BCUT2D eigenvalue weighted by Crippen LogP contribution is 2.32. The maximum Gasteiger partial charge on any atom is 0.106 e. The van der Waals surface area contributed by atoms with Gasteiger partial charge < -0.3 is 15.2 Å². The van der Waals surface area contributed by atoms with Crippen LogP contribution in [-0.2, 0) is 4.74 Å². The van der Waals surface area contributed by atoms with Crippen LogP contribution in [0.15, 0.2) is 0 Å². The maximum atomic E-state index is 9.82. The third-order valence-electron chi connectivity index (χ3n) is 3.03. The van der Waals surface area contributed by atoms with Crippen molar-refractivity contribution >= 4 is 0 Å². The second-order valence-electron chi connectivity index (χ2n) is 3.85. The highest BCUT2D eigenvalue weighted by Gasteiger charge is 2.41. The van der Waals surface area contributed by atoms with Crippen LogP contribution in [0, 0.1) is 0 Å². The van der Waals surface area contributed by atoms with Crippen LogP contribution < -0.4 is 5.32 Å². The zero-order chi connectivity index (χ0) is 8.44. The van der Waals surface area contributed by atoms with Crippen molar-refractivity contribution in [2.45, 2.75) is 37.4 Å². The summed E-state index contributed by atoms with van der Waals surface area (Å²) in [5, 5.41) is 13.1. The molecule has 2 N–H and O–H groups in total. The molecule has 1 saturated heterocycles. The minimum absolute atomic E-state index is 0.240. The molecule has 2 fully saturated rings. The number of aliphatic hydroxyl groups is 1. The molecule has 2 rings (SSSR count). The molecule has 1 aliphatic carbocycles. The van der Waals surface area contributed by atoms with E-state index < -0.39 is 0 Å². The first kappa shape index (κ1) is 8.48. The van der Waals surface area contributed by atoms with Crippen LogP contribution in [0.3, 0.4) is 0 Å². The van der Waals surface area contributed by atoms with E-state index in [1.54, 1.807) is 0 Å². The quantitative estimate of drug-likeness (QED) is 0.550. The average molecular weight is 171 g/mol. The van der Waals surface area contributed by atoms with E-state index in [0.717, 1.165) is 39.0 Å². The summed E-state index contributed by atoms with van der Waals surface area (Å²) in [5.74, 6) is 0. The van der Waals surface area contributed by atoms with Crippen molar-refractivity contribution in [3.8, 4) is 0 Å². The molecule has 0 amide bonds. The Morgan fingerprint density at radius 3 is 3.00 bits per heavy atom. The van der Waals surface area contributed by atoms with E-state index in [2.05, 4.69) is 5.32 Å². The fourth-order valence-corrected chi connectivity index (χ4v) is 2.24. The van der Waals surface area contributed by atoms with Crippen molar-refractivity contribution in [3.05, 3.63) is 0 Å². The SMILES string of the molecule is OC1CCCCC12CNCCO2. The standard InChI is InChI=1S/C9H17NO2/c11-8-3-1-2-4-9(8)7-10-5-6-12-9/h8,10-11H,1-7H2. The molecule has 1 saturated carbocycles. The van der Waals surface area contributed by atoms with Crippen LogP contribution in [0.1, 0.15) is 25.7 Å². The third-order valence-corrected chi connectivity index (χ3v) is 3.03. The van der Waals surface area contributed by atoms with Gasteiger partial charge in [-0.05, 0) is 12.8 Å². The van der Waals surface area contributed by atoms with E-state index in [1.165, 1.54) is 6.42 Å². The highest BCUT2D eigenvalue weighted by molar-refractivity contribution is 4.95. The van der Waals surface area contributed by atoms with Gasteiger partial charge in [-0.2, -0.15) is 0 Å². The molecular weight excluding hydrogens is 154 g/mol. The Labute approximate surface area is 73.1 Å². The summed E-state index contributed by atoms with van der Waals surface area (Å²) in [4.78, 5) is 0. The van der Waals surface area contributed by atoms with Crippen LogP contribution in [0.4, 0.5) is 0 Å². The first-order chi connectivity index (χ1) is 5.83. The summed E-state index contributed by atoms with van der Waals surface area (Å²) < 4.78 is 5.71. The van der Waals surface area contributed by atoms with E-state index in [1.807, 2.05) is 0 Å². The van der Waals surface area contributed by atoms with E-state index in [9.17, 15) is 5.11 Å². The zero-order valence-corrected chi connectivity index (χ0v) is 7.38. The van der Waals surface area contributed by atoms with Gasteiger partial charge >= 0.3 is 0 Å². The van der Waals surface area contributed by atoms with Crippen LogP contribution in [0.2, 0.25) is 0 Å². The van der Waals surface area contributed by atoms with E-state index in [4.69, 9.17) is 4.74 Å². The van der Waals surface area contributed by atoms with E-state index in [-0.39, 0.29) is 11.7 Å². The van der Waals surface area contributed by atoms with Gasteiger partial charge in [-0.1, -0.05) is 12.8 Å². The Bertz CT molecular complexity index is 146. The number of aliphatic hydroxyl groups excluding tert-OH is 1. The predicted molar refractivity (Wildman–Crippen MR) is 46.0 cm³/mol. The number of rotatable bonds is 0. The minimum atomic E-state index is -0.251. The maximum absolute atomic E-state index is 9.82. The lowest BCUT2D eigenvalue weighted by atomic mass is 9.81. The van der Waals surface area contributed by atoms with Crippen molar-refractivity contribution in [2.75, 3.05) is 19.7 Å². The molecular formula is C9H17NO2. The van der Waals surface area contributed by atoms with Gasteiger partial charge in [-0.25, -0.2) is 0 Å². The van der Waals surface area contributed by atoms with Crippen LogP contribution in [0.25, 0.3) is 0 Å². The molecule has 2 atom stereocenters. The topological polar surface area (TPSA) is 41.5 Å².